The van der Waals surface area contributed by atoms with Crippen LogP contribution in [0.4, 0.5) is 0 Å². The zero-order chi connectivity index (χ0) is 9.26. The molecule has 0 spiro atoms. The number of aromatic nitrogens is 2. The molecule has 2 nitrogen and oxygen atoms in total. The van der Waals surface area contributed by atoms with Gasteiger partial charge in [-0.15, -0.1) is 11.3 Å². The lowest BCUT2D eigenvalue weighted by atomic mass is 10.2. The van der Waals surface area contributed by atoms with Crippen LogP contribution < -0.4 is 0 Å². The number of nitrogens with zero attached hydrogens (tertiary/aromatic N) is 2. The molecule has 2 rings (SSSR count). The Morgan fingerprint density at radius 2 is 2.23 bits per heavy atom. The van der Waals surface area contributed by atoms with Gasteiger partial charge in [-0.1, -0.05) is 11.6 Å². The minimum atomic E-state index is 0.498. The van der Waals surface area contributed by atoms with E-state index in [1.807, 2.05) is 11.4 Å². The molecule has 0 radical (unpaired) electrons. The minimum absolute atomic E-state index is 0.498. The maximum atomic E-state index is 5.67. The largest absolute Gasteiger partial charge is 0.244 e. The van der Waals surface area contributed by atoms with Crippen molar-refractivity contribution in [3.63, 3.8) is 0 Å². The molecule has 0 atom stereocenters. The quantitative estimate of drug-likeness (QED) is 0.743. The Bertz CT molecular complexity index is 412. The summed E-state index contributed by atoms with van der Waals surface area (Å²) in [4.78, 5) is 8.24. The van der Waals surface area contributed by atoms with Crippen molar-refractivity contribution < 1.29 is 0 Å². The standard InChI is InChI=1S/C8H4BrClN2S/c9-8-12-6(4-13-8)5-1-2-7(10)11-3-5/h1-4H. The monoisotopic (exact) mass is 274 g/mol. The second-order valence-electron chi connectivity index (χ2n) is 2.36. The van der Waals surface area contributed by atoms with Crippen LogP contribution in [0.1, 0.15) is 0 Å². The number of pyridine rings is 1. The van der Waals surface area contributed by atoms with Crippen LogP contribution in [0.15, 0.2) is 27.6 Å². The van der Waals surface area contributed by atoms with E-state index in [4.69, 9.17) is 11.6 Å². The van der Waals surface area contributed by atoms with Gasteiger partial charge in [-0.2, -0.15) is 0 Å². The second-order valence-corrected chi connectivity index (χ2v) is 4.88. The van der Waals surface area contributed by atoms with Gasteiger partial charge in [-0.05, 0) is 28.1 Å². The van der Waals surface area contributed by atoms with E-state index in [1.54, 1.807) is 23.6 Å². The van der Waals surface area contributed by atoms with Crippen molar-refractivity contribution in [2.24, 2.45) is 0 Å². The van der Waals surface area contributed by atoms with E-state index in [-0.39, 0.29) is 0 Å². The molecule has 0 N–H and O–H groups in total. The number of thiazole rings is 1. The topological polar surface area (TPSA) is 25.8 Å². The Balaban J connectivity index is 2.41. The summed E-state index contributed by atoms with van der Waals surface area (Å²) in [6, 6.07) is 3.65. The lowest BCUT2D eigenvalue weighted by Gasteiger charge is -1.94. The lowest BCUT2D eigenvalue weighted by Crippen LogP contribution is -1.79. The van der Waals surface area contributed by atoms with Crippen molar-refractivity contribution in [1.82, 2.24) is 9.97 Å². The van der Waals surface area contributed by atoms with Crippen LogP contribution in [0.2, 0.25) is 5.15 Å². The van der Waals surface area contributed by atoms with Gasteiger partial charge in [0, 0.05) is 17.1 Å². The lowest BCUT2D eigenvalue weighted by molar-refractivity contribution is 1.30. The third-order valence-electron chi connectivity index (χ3n) is 1.50. The van der Waals surface area contributed by atoms with Crippen LogP contribution in [0.3, 0.4) is 0 Å². The van der Waals surface area contributed by atoms with Crippen LogP contribution in [0.25, 0.3) is 11.3 Å². The third kappa shape index (κ3) is 2.07. The van der Waals surface area contributed by atoms with Gasteiger partial charge in [0.15, 0.2) is 3.92 Å². The molecule has 0 aliphatic heterocycles. The van der Waals surface area contributed by atoms with Gasteiger partial charge in [0.2, 0.25) is 0 Å². The molecule has 0 amide bonds. The zero-order valence-electron chi connectivity index (χ0n) is 6.37. The maximum Gasteiger partial charge on any atom is 0.159 e. The number of hydrogen-bond acceptors (Lipinski definition) is 3. The van der Waals surface area contributed by atoms with E-state index in [1.165, 1.54) is 0 Å². The normalized spacial score (nSPS) is 10.3. The predicted octanol–water partition coefficient (Wildman–Crippen LogP) is 3.62. The van der Waals surface area contributed by atoms with E-state index in [0.29, 0.717) is 5.15 Å². The molecular formula is C8H4BrClN2S. The molecule has 2 aromatic rings. The summed E-state index contributed by atoms with van der Waals surface area (Å²) in [6.07, 6.45) is 1.71. The second kappa shape index (κ2) is 3.74. The molecule has 0 saturated carbocycles. The number of rotatable bonds is 1. The van der Waals surface area contributed by atoms with Gasteiger partial charge in [-0.25, -0.2) is 9.97 Å². The van der Waals surface area contributed by atoms with Crippen molar-refractivity contribution in [2.75, 3.05) is 0 Å². The summed E-state index contributed by atoms with van der Waals surface area (Å²) < 4.78 is 0.873. The summed E-state index contributed by atoms with van der Waals surface area (Å²) in [6.45, 7) is 0. The van der Waals surface area contributed by atoms with Crippen LogP contribution in [-0.4, -0.2) is 9.97 Å². The molecule has 0 saturated heterocycles. The zero-order valence-corrected chi connectivity index (χ0v) is 9.53. The number of halogens is 2. The van der Waals surface area contributed by atoms with Gasteiger partial charge in [-0.3, -0.25) is 0 Å². The summed E-state index contributed by atoms with van der Waals surface area (Å²) in [5.41, 5.74) is 1.90. The number of hydrogen-bond donors (Lipinski definition) is 0. The van der Waals surface area contributed by atoms with E-state index < -0.39 is 0 Å². The highest BCUT2D eigenvalue weighted by Gasteiger charge is 2.02. The van der Waals surface area contributed by atoms with E-state index in [2.05, 4.69) is 25.9 Å². The molecule has 0 aromatic carbocycles. The van der Waals surface area contributed by atoms with E-state index in [9.17, 15) is 0 Å². The van der Waals surface area contributed by atoms with Crippen molar-refractivity contribution in [1.29, 1.82) is 0 Å². The van der Waals surface area contributed by atoms with Gasteiger partial charge < -0.3 is 0 Å². The van der Waals surface area contributed by atoms with Crippen molar-refractivity contribution in [3.05, 3.63) is 32.8 Å². The summed E-state index contributed by atoms with van der Waals surface area (Å²) in [7, 11) is 0. The average Bonchev–Trinajstić information content (AvgIpc) is 2.53. The van der Waals surface area contributed by atoms with Gasteiger partial charge in [0.1, 0.15) is 5.15 Å². The summed E-state index contributed by atoms with van der Waals surface area (Å²) >= 11 is 10.5. The summed E-state index contributed by atoms with van der Waals surface area (Å²) in [5, 5.41) is 2.47. The molecule has 2 aromatic heterocycles. The third-order valence-corrected chi connectivity index (χ3v) is 3.09. The molecule has 5 heteroatoms. The highest BCUT2D eigenvalue weighted by Crippen LogP contribution is 2.24. The van der Waals surface area contributed by atoms with Crippen LogP contribution >= 0.6 is 38.9 Å². The smallest absolute Gasteiger partial charge is 0.159 e. The van der Waals surface area contributed by atoms with E-state index in [0.717, 1.165) is 15.2 Å². The summed E-state index contributed by atoms with van der Waals surface area (Å²) in [5.74, 6) is 0. The Kier molecular flexibility index (Phi) is 2.62. The fraction of sp³-hybridized carbons (Fsp3) is 0. The predicted molar refractivity (Wildman–Crippen MR) is 58.1 cm³/mol. The van der Waals surface area contributed by atoms with Crippen LogP contribution in [-0.2, 0) is 0 Å². The molecule has 66 valence electrons. The first-order valence-corrected chi connectivity index (χ1v) is 5.54. The van der Waals surface area contributed by atoms with Gasteiger partial charge in [0.05, 0.1) is 5.69 Å². The molecule has 0 aliphatic carbocycles. The SMILES string of the molecule is Clc1ccc(-c2csc(Br)n2)cn1. The molecule has 0 unspecified atom stereocenters. The fourth-order valence-electron chi connectivity index (χ4n) is 0.912. The molecule has 13 heavy (non-hydrogen) atoms. The fourth-order valence-corrected chi connectivity index (χ4v) is 2.04. The highest BCUT2D eigenvalue weighted by molar-refractivity contribution is 9.11. The first-order valence-electron chi connectivity index (χ1n) is 3.48. The van der Waals surface area contributed by atoms with Crippen LogP contribution in [0.5, 0.6) is 0 Å². The van der Waals surface area contributed by atoms with Gasteiger partial charge in [0.25, 0.3) is 0 Å². The molecule has 0 bridgehead atoms. The molecule has 0 fully saturated rings. The molecule has 0 aliphatic rings. The highest BCUT2D eigenvalue weighted by atomic mass is 79.9. The Hall–Kier alpha value is -0.450. The van der Waals surface area contributed by atoms with Crippen molar-refractivity contribution in [3.8, 4) is 11.3 Å². The molecular weight excluding hydrogens is 272 g/mol. The maximum absolute atomic E-state index is 5.67. The van der Waals surface area contributed by atoms with Gasteiger partial charge >= 0.3 is 0 Å². The Morgan fingerprint density at radius 3 is 2.77 bits per heavy atom. The van der Waals surface area contributed by atoms with Crippen molar-refractivity contribution >= 4 is 38.9 Å². The molecule has 2 heterocycles. The van der Waals surface area contributed by atoms with Crippen LogP contribution in [0, 0.1) is 0 Å². The van der Waals surface area contributed by atoms with E-state index >= 15 is 0 Å². The Labute approximate surface area is 92.7 Å². The minimum Gasteiger partial charge on any atom is -0.244 e. The first-order chi connectivity index (χ1) is 6.25. The Morgan fingerprint density at radius 1 is 1.38 bits per heavy atom. The first kappa shape index (κ1) is 9.12. The average molecular weight is 276 g/mol. The van der Waals surface area contributed by atoms with Crippen molar-refractivity contribution in [2.45, 2.75) is 0 Å².